The number of aliphatic carboxylic acids is 1. The Morgan fingerprint density at radius 3 is 2.64 bits per heavy atom. The number of hydrogen-bond acceptors (Lipinski definition) is 2. The van der Waals surface area contributed by atoms with Gasteiger partial charge in [-0.2, -0.15) is 0 Å². The van der Waals surface area contributed by atoms with Crippen LogP contribution in [-0.4, -0.2) is 23.0 Å². The smallest absolute Gasteiger partial charge is 0.325 e. The van der Waals surface area contributed by atoms with Crippen molar-refractivity contribution in [1.29, 1.82) is 0 Å². The van der Waals surface area contributed by atoms with E-state index in [0.29, 0.717) is 0 Å². The molecule has 4 heteroatoms. The van der Waals surface area contributed by atoms with E-state index in [9.17, 15) is 9.59 Å². The van der Waals surface area contributed by atoms with Crippen molar-refractivity contribution in [2.75, 3.05) is 0 Å². The number of carbonyl (C=O) groups is 2. The van der Waals surface area contributed by atoms with Crippen molar-refractivity contribution in [1.82, 2.24) is 5.32 Å². The fourth-order valence-corrected chi connectivity index (χ4v) is 0.493. The van der Waals surface area contributed by atoms with E-state index in [0.717, 1.165) is 0 Å². The first-order valence-electron chi connectivity index (χ1n) is 3.21. The summed E-state index contributed by atoms with van der Waals surface area (Å²) in [4.78, 5) is 20.9. The van der Waals surface area contributed by atoms with Gasteiger partial charge in [0.25, 0.3) is 0 Å². The van der Waals surface area contributed by atoms with Gasteiger partial charge in [-0.05, 0) is 6.92 Å². The molecule has 0 unspecified atom stereocenters. The fraction of sp³-hybridized carbons (Fsp3) is 0.429. The molecule has 2 N–H and O–H groups in total. The van der Waals surface area contributed by atoms with E-state index in [-0.39, 0.29) is 12.3 Å². The fourth-order valence-electron chi connectivity index (χ4n) is 0.493. The second kappa shape index (κ2) is 4.49. The average molecular weight is 157 g/mol. The molecule has 1 amide bonds. The SMILES string of the molecule is C=CCC(=O)N[C@H](C)C(=O)O. The lowest BCUT2D eigenvalue weighted by Crippen LogP contribution is -2.37. The van der Waals surface area contributed by atoms with Crippen molar-refractivity contribution >= 4 is 11.9 Å². The molecule has 0 aliphatic carbocycles. The lowest BCUT2D eigenvalue weighted by molar-refractivity contribution is -0.141. The van der Waals surface area contributed by atoms with Gasteiger partial charge in [0.05, 0.1) is 0 Å². The van der Waals surface area contributed by atoms with Crippen molar-refractivity contribution in [2.45, 2.75) is 19.4 Å². The van der Waals surface area contributed by atoms with Gasteiger partial charge in [0.15, 0.2) is 0 Å². The van der Waals surface area contributed by atoms with E-state index in [2.05, 4.69) is 11.9 Å². The van der Waals surface area contributed by atoms with Gasteiger partial charge in [-0.3, -0.25) is 9.59 Å². The summed E-state index contributed by atoms with van der Waals surface area (Å²) in [6.07, 6.45) is 1.57. The Morgan fingerprint density at radius 2 is 2.27 bits per heavy atom. The molecule has 0 fully saturated rings. The van der Waals surface area contributed by atoms with Gasteiger partial charge in [0.1, 0.15) is 6.04 Å². The second-order valence-corrected chi connectivity index (χ2v) is 2.12. The van der Waals surface area contributed by atoms with Crippen LogP contribution in [0.3, 0.4) is 0 Å². The summed E-state index contributed by atoms with van der Waals surface area (Å²) < 4.78 is 0. The predicted molar refractivity (Wildman–Crippen MR) is 40.1 cm³/mol. The number of rotatable bonds is 4. The van der Waals surface area contributed by atoms with Crippen LogP contribution in [0.4, 0.5) is 0 Å². The van der Waals surface area contributed by atoms with Crippen LogP contribution in [0.25, 0.3) is 0 Å². The molecule has 0 rings (SSSR count). The van der Waals surface area contributed by atoms with Gasteiger partial charge < -0.3 is 10.4 Å². The number of carboxylic acids is 1. The van der Waals surface area contributed by atoms with Crippen molar-refractivity contribution in [2.24, 2.45) is 0 Å². The standard InChI is InChI=1S/C7H11NO3/c1-3-4-6(9)8-5(2)7(10)11/h3,5H,1,4H2,2H3,(H,8,9)(H,10,11)/t5-/m1/s1. The molecule has 0 saturated carbocycles. The van der Waals surface area contributed by atoms with E-state index >= 15 is 0 Å². The van der Waals surface area contributed by atoms with Crippen LogP contribution in [-0.2, 0) is 9.59 Å². The Hall–Kier alpha value is -1.32. The van der Waals surface area contributed by atoms with Gasteiger partial charge in [0, 0.05) is 6.42 Å². The van der Waals surface area contributed by atoms with Crippen LogP contribution in [0.2, 0.25) is 0 Å². The number of amides is 1. The quantitative estimate of drug-likeness (QED) is 0.571. The molecule has 0 aliphatic rings. The highest BCUT2D eigenvalue weighted by Crippen LogP contribution is 1.84. The molecular formula is C7H11NO3. The lowest BCUT2D eigenvalue weighted by atomic mass is 10.3. The highest BCUT2D eigenvalue weighted by molar-refractivity contribution is 5.83. The van der Waals surface area contributed by atoms with E-state index < -0.39 is 12.0 Å². The summed E-state index contributed by atoms with van der Waals surface area (Å²) in [7, 11) is 0. The van der Waals surface area contributed by atoms with Crippen LogP contribution in [0.5, 0.6) is 0 Å². The van der Waals surface area contributed by atoms with Crippen molar-refractivity contribution < 1.29 is 14.7 Å². The number of nitrogens with one attached hydrogen (secondary N) is 1. The summed E-state index contributed by atoms with van der Waals surface area (Å²) in [5.74, 6) is -1.36. The molecule has 62 valence electrons. The maximum absolute atomic E-state index is 10.7. The van der Waals surface area contributed by atoms with E-state index in [1.54, 1.807) is 0 Å². The second-order valence-electron chi connectivity index (χ2n) is 2.12. The van der Waals surface area contributed by atoms with Crippen LogP contribution >= 0.6 is 0 Å². The molecule has 0 saturated heterocycles. The average Bonchev–Trinajstić information content (AvgIpc) is 1.87. The minimum Gasteiger partial charge on any atom is -0.480 e. The molecule has 0 aromatic rings. The molecule has 0 bridgehead atoms. The Bertz CT molecular complexity index is 177. The van der Waals surface area contributed by atoms with E-state index in [1.165, 1.54) is 13.0 Å². The number of hydrogen-bond donors (Lipinski definition) is 2. The predicted octanol–water partition coefficient (Wildman–Crippen LogP) is 0.152. The zero-order valence-electron chi connectivity index (χ0n) is 6.33. The summed E-state index contributed by atoms with van der Waals surface area (Å²) in [6.45, 7) is 4.75. The van der Waals surface area contributed by atoms with Crippen molar-refractivity contribution in [3.05, 3.63) is 12.7 Å². The van der Waals surface area contributed by atoms with Crippen molar-refractivity contribution in [3.63, 3.8) is 0 Å². The zero-order chi connectivity index (χ0) is 8.85. The topological polar surface area (TPSA) is 66.4 Å². The van der Waals surface area contributed by atoms with Crippen LogP contribution in [0.15, 0.2) is 12.7 Å². The van der Waals surface area contributed by atoms with E-state index in [4.69, 9.17) is 5.11 Å². The Morgan fingerprint density at radius 1 is 1.73 bits per heavy atom. The summed E-state index contributed by atoms with van der Waals surface area (Å²) in [6, 6.07) is -0.831. The first kappa shape index (κ1) is 9.68. The van der Waals surface area contributed by atoms with Gasteiger partial charge in [-0.1, -0.05) is 6.08 Å². The highest BCUT2D eigenvalue weighted by Gasteiger charge is 2.11. The van der Waals surface area contributed by atoms with Crippen LogP contribution < -0.4 is 5.32 Å². The molecule has 4 nitrogen and oxygen atoms in total. The third-order valence-corrected chi connectivity index (χ3v) is 1.08. The minimum absolute atomic E-state index is 0.150. The Balaban J connectivity index is 3.74. The largest absolute Gasteiger partial charge is 0.480 e. The van der Waals surface area contributed by atoms with E-state index in [1.807, 2.05) is 0 Å². The maximum Gasteiger partial charge on any atom is 0.325 e. The molecule has 0 radical (unpaired) electrons. The van der Waals surface area contributed by atoms with Gasteiger partial charge >= 0.3 is 5.97 Å². The molecule has 0 heterocycles. The molecular weight excluding hydrogens is 146 g/mol. The Labute approximate surface area is 64.9 Å². The molecule has 11 heavy (non-hydrogen) atoms. The molecule has 0 spiro atoms. The third-order valence-electron chi connectivity index (χ3n) is 1.08. The number of carbonyl (C=O) groups excluding carboxylic acids is 1. The normalized spacial score (nSPS) is 11.7. The van der Waals surface area contributed by atoms with Crippen molar-refractivity contribution in [3.8, 4) is 0 Å². The Kier molecular flexibility index (Phi) is 3.95. The highest BCUT2D eigenvalue weighted by atomic mass is 16.4. The number of carboxylic acid groups (broad SMARTS) is 1. The lowest BCUT2D eigenvalue weighted by Gasteiger charge is -2.06. The van der Waals surface area contributed by atoms with Gasteiger partial charge in [0.2, 0.25) is 5.91 Å². The van der Waals surface area contributed by atoms with Crippen LogP contribution in [0, 0.1) is 0 Å². The zero-order valence-corrected chi connectivity index (χ0v) is 6.33. The monoisotopic (exact) mass is 157 g/mol. The summed E-state index contributed by atoms with van der Waals surface area (Å²) in [5, 5.41) is 10.6. The van der Waals surface area contributed by atoms with Gasteiger partial charge in [-0.15, -0.1) is 6.58 Å². The minimum atomic E-state index is -1.04. The molecule has 0 aromatic carbocycles. The van der Waals surface area contributed by atoms with Crippen LogP contribution in [0.1, 0.15) is 13.3 Å². The molecule has 1 atom stereocenters. The summed E-state index contributed by atoms with van der Waals surface area (Å²) >= 11 is 0. The first-order chi connectivity index (χ1) is 5.07. The molecule has 0 aliphatic heterocycles. The van der Waals surface area contributed by atoms with Gasteiger partial charge in [-0.25, -0.2) is 0 Å². The first-order valence-corrected chi connectivity index (χ1v) is 3.21. The molecule has 0 aromatic heterocycles. The maximum atomic E-state index is 10.7. The summed E-state index contributed by atoms with van der Waals surface area (Å²) in [5.41, 5.74) is 0. The third kappa shape index (κ3) is 4.13.